The number of hydrogen-bond acceptors (Lipinski definition) is 4. The molecule has 4 atom stereocenters. The van der Waals surface area contributed by atoms with Crippen LogP contribution in [0.5, 0.6) is 5.75 Å². The summed E-state index contributed by atoms with van der Waals surface area (Å²) in [5, 5.41) is 5.71. The molecule has 6 heteroatoms. The lowest BCUT2D eigenvalue weighted by Crippen LogP contribution is -2.46. The highest BCUT2D eigenvalue weighted by atomic mass is 16.5. The van der Waals surface area contributed by atoms with Crippen molar-refractivity contribution in [2.24, 2.45) is 23.5 Å². The van der Waals surface area contributed by atoms with Crippen molar-refractivity contribution >= 4 is 11.8 Å². The molecule has 0 aromatic heterocycles. The first-order valence-electron chi connectivity index (χ1n) is 8.55. The molecule has 2 fully saturated rings. The van der Waals surface area contributed by atoms with Gasteiger partial charge in [-0.05, 0) is 49.3 Å². The lowest BCUT2D eigenvalue weighted by Gasteiger charge is -2.27. The van der Waals surface area contributed by atoms with Crippen LogP contribution in [-0.2, 0) is 4.79 Å². The molecule has 24 heavy (non-hydrogen) atoms. The van der Waals surface area contributed by atoms with Crippen molar-refractivity contribution < 1.29 is 14.3 Å². The predicted molar refractivity (Wildman–Crippen MR) is 90.6 cm³/mol. The zero-order valence-corrected chi connectivity index (χ0v) is 14.0. The molecule has 1 aromatic carbocycles. The molecule has 3 rings (SSSR count). The highest BCUT2D eigenvalue weighted by Gasteiger charge is 2.48. The fourth-order valence-corrected chi connectivity index (χ4v) is 4.07. The van der Waals surface area contributed by atoms with E-state index >= 15 is 0 Å². The lowest BCUT2D eigenvalue weighted by atomic mass is 9.84. The molecule has 0 saturated heterocycles. The van der Waals surface area contributed by atoms with Crippen molar-refractivity contribution in [3.8, 4) is 5.75 Å². The average molecular weight is 331 g/mol. The van der Waals surface area contributed by atoms with Crippen LogP contribution in [-0.4, -0.2) is 38.1 Å². The quantitative estimate of drug-likeness (QED) is 0.676. The SMILES string of the molecule is COc1cccc(C(=O)NCCNC(=O)C2C3CCC(C3)C2N)c1. The third kappa shape index (κ3) is 3.38. The van der Waals surface area contributed by atoms with E-state index in [2.05, 4.69) is 10.6 Å². The van der Waals surface area contributed by atoms with E-state index in [0.29, 0.717) is 36.2 Å². The fourth-order valence-electron chi connectivity index (χ4n) is 4.07. The van der Waals surface area contributed by atoms with Crippen molar-refractivity contribution in [3.05, 3.63) is 29.8 Å². The van der Waals surface area contributed by atoms with Gasteiger partial charge >= 0.3 is 0 Å². The van der Waals surface area contributed by atoms with Crippen LogP contribution in [0.3, 0.4) is 0 Å². The Labute approximate surface area is 142 Å². The Morgan fingerprint density at radius 3 is 2.67 bits per heavy atom. The van der Waals surface area contributed by atoms with Crippen molar-refractivity contribution in [3.63, 3.8) is 0 Å². The number of amides is 2. The number of carbonyl (C=O) groups excluding carboxylic acids is 2. The van der Waals surface area contributed by atoms with Crippen molar-refractivity contribution in [2.45, 2.75) is 25.3 Å². The van der Waals surface area contributed by atoms with Gasteiger partial charge in [0, 0.05) is 24.7 Å². The molecule has 1 aromatic rings. The number of ether oxygens (including phenoxy) is 1. The maximum absolute atomic E-state index is 12.3. The zero-order chi connectivity index (χ0) is 17.1. The van der Waals surface area contributed by atoms with E-state index in [9.17, 15) is 9.59 Å². The monoisotopic (exact) mass is 331 g/mol. The van der Waals surface area contributed by atoms with E-state index < -0.39 is 0 Å². The van der Waals surface area contributed by atoms with Crippen molar-refractivity contribution in [2.75, 3.05) is 20.2 Å². The molecule has 4 unspecified atom stereocenters. The number of nitrogens with two attached hydrogens (primary N) is 1. The molecule has 2 bridgehead atoms. The second kappa shape index (κ2) is 7.21. The number of methoxy groups -OCH3 is 1. The van der Waals surface area contributed by atoms with Gasteiger partial charge in [0.25, 0.3) is 5.91 Å². The summed E-state index contributed by atoms with van der Waals surface area (Å²) in [4.78, 5) is 24.4. The largest absolute Gasteiger partial charge is 0.497 e. The van der Waals surface area contributed by atoms with Gasteiger partial charge in [-0.25, -0.2) is 0 Å². The summed E-state index contributed by atoms with van der Waals surface area (Å²) in [6.45, 7) is 0.799. The van der Waals surface area contributed by atoms with Gasteiger partial charge in [-0.3, -0.25) is 9.59 Å². The molecule has 0 heterocycles. The standard InChI is InChI=1S/C18H25N3O3/c1-24-14-4-2-3-13(10-14)17(22)20-7-8-21-18(23)15-11-5-6-12(9-11)16(15)19/h2-4,10-12,15-16H,5-9,19H2,1H3,(H,20,22)(H,21,23). The molecule has 2 amide bonds. The Morgan fingerprint density at radius 2 is 1.96 bits per heavy atom. The number of hydrogen-bond donors (Lipinski definition) is 3. The highest BCUT2D eigenvalue weighted by molar-refractivity contribution is 5.94. The molecule has 6 nitrogen and oxygen atoms in total. The van der Waals surface area contributed by atoms with Gasteiger partial charge in [-0.2, -0.15) is 0 Å². The first-order chi connectivity index (χ1) is 11.6. The first-order valence-corrected chi connectivity index (χ1v) is 8.55. The first kappa shape index (κ1) is 16.8. The highest BCUT2D eigenvalue weighted by Crippen LogP contribution is 2.47. The van der Waals surface area contributed by atoms with Crippen LogP contribution in [0.4, 0.5) is 0 Å². The second-order valence-electron chi connectivity index (χ2n) is 6.72. The minimum absolute atomic E-state index is 0.00451. The number of fused-ring (bicyclic) bond motifs is 2. The minimum atomic E-state index is -0.181. The topological polar surface area (TPSA) is 93.5 Å². The van der Waals surface area contributed by atoms with Crippen LogP contribution < -0.4 is 21.1 Å². The molecule has 2 saturated carbocycles. The Hall–Kier alpha value is -2.08. The molecule has 130 valence electrons. The lowest BCUT2D eigenvalue weighted by molar-refractivity contribution is -0.127. The van der Waals surface area contributed by atoms with Gasteiger partial charge in [0.2, 0.25) is 5.91 Å². The van der Waals surface area contributed by atoms with Crippen LogP contribution >= 0.6 is 0 Å². The summed E-state index contributed by atoms with van der Waals surface area (Å²) in [6, 6.07) is 6.96. The third-order valence-corrected chi connectivity index (χ3v) is 5.33. The average Bonchev–Trinajstić information content (AvgIpc) is 3.19. The van der Waals surface area contributed by atoms with Gasteiger partial charge in [-0.15, -0.1) is 0 Å². The van der Waals surface area contributed by atoms with Crippen LogP contribution in [0.25, 0.3) is 0 Å². The Morgan fingerprint density at radius 1 is 1.21 bits per heavy atom. The zero-order valence-electron chi connectivity index (χ0n) is 14.0. The molecule has 2 aliphatic rings. The summed E-state index contributed by atoms with van der Waals surface area (Å²) in [5.41, 5.74) is 6.72. The predicted octanol–water partition coefficient (Wildman–Crippen LogP) is 0.915. The molecule has 0 radical (unpaired) electrons. The molecular formula is C18H25N3O3. The Balaban J connectivity index is 1.42. The van der Waals surface area contributed by atoms with Crippen LogP contribution in [0.2, 0.25) is 0 Å². The van der Waals surface area contributed by atoms with E-state index in [4.69, 9.17) is 10.5 Å². The summed E-state index contributed by atoms with van der Waals surface area (Å²) in [6.07, 6.45) is 3.36. The summed E-state index contributed by atoms with van der Waals surface area (Å²) in [5.74, 6) is 1.39. The van der Waals surface area contributed by atoms with E-state index in [1.807, 2.05) is 0 Å². The van der Waals surface area contributed by atoms with Crippen LogP contribution in [0, 0.1) is 17.8 Å². The number of carbonyl (C=O) groups is 2. The maximum atomic E-state index is 12.3. The van der Waals surface area contributed by atoms with Crippen molar-refractivity contribution in [1.29, 1.82) is 0 Å². The van der Waals surface area contributed by atoms with Crippen molar-refractivity contribution in [1.82, 2.24) is 10.6 Å². The Kier molecular flexibility index (Phi) is 5.04. The van der Waals surface area contributed by atoms with Gasteiger partial charge in [-0.1, -0.05) is 6.07 Å². The van der Waals surface area contributed by atoms with Gasteiger partial charge in [0.15, 0.2) is 0 Å². The van der Waals surface area contributed by atoms with Gasteiger partial charge < -0.3 is 21.1 Å². The van der Waals surface area contributed by atoms with E-state index in [1.54, 1.807) is 31.4 Å². The summed E-state index contributed by atoms with van der Waals surface area (Å²) in [7, 11) is 1.56. The minimum Gasteiger partial charge on any atom is -0.497 e. The van der Waals surface area contributed by atoms with E-state index in [0.717, 1.165) is 19.3 Å². The number of nitrogens with one attached hydrogen (secondary N) is 2. The molecule has 0 spiro atoms. The molecule has 4 N–H and O–H groups in total. The third-order valence-electron chi connectivity index (χ3n) is 5.33. The molecular weight excluding hydrogens is 306 g/mol. The smallest absolute Gasteiger partial charge is 0.251 e. The van der Waals surface area contributed by atoms with Gasteiger partial charge in [0.05, 0.1) is 13.0 Å². The number of rotatable bonds is 6. The van der Waals surface area contributed by atoms with E-state index in [-0.39, 0.29) is 23.8 Å². The van der Waals surface area contributed by atoms with Crippen LogP contribution in [0.1, 0.15) is 29.6 Å². The van der Waals surface area contributed by atoms with Gasteiger partial charge in [0.1, 0.15) is 5.75 Å². The summed E-state index contributed by atoms with van der Waals surface area (Å²) < 4.78 is 5.10. The van der Waals surface area contributed by atoms with E-state index in [1.165, 1.54) is 0 Å². The second-order valence-corrected chi connectivity index (χ2v) is 6.72. The Bertz CT molecular complexity index is 617. The fraction of sp³-hybridized carbons (Fsp3) is 0.556. The molecule has 0 aliphatic heterocycles. The molecule has 2 aliphatic carbocycles. The maximum Gasteiger partial charge on any atom is 0.251 e. The van der Waals surface area contributed by atoms with Crippen LogP contribution in [0.15, 0.2) is 24.3 Å². The number of benzene rings is 1. The normalized spacial score (nSPS) is 27.8. The summed E-state index contributed by atoms with van der Waals surface area (Å²) >= 11 is 0.